The van der Waals surface area contributed by atoms with Crippen molar-refractivity contribution in [3.63, 3.8) is 0 Å². The van der Waals surface area contributed by atoms with Gasteiger partial charge in [0.25, 0.3) is 0 Å². The van der Waals surface area contributed by atoms with Crippen molar-refractivity contribution in [3.05, 3.63) is 29.8 Å². The Bertz CT molecular complexity index is 785. The third-order valence-corrected chi connectivity index (χ3v) is 6.91. The van der Waals surface area contributed by atoms with E-state index in [1.807, 2.05) is 24.3 Å². The summed E-state index contributed by atoms with van der Waals surface area (Å²) in [7, 11) is -1.69. The first kappa shape index (κ1) is 25.2. The lowest BCUT2D eigenvalue weighted by Gasteiger charge is -2.20. The van der Waals surface area contributed by atoms with Crippen molar-refractivity contribution >= 4 is 45.6 Å². The summed E-state index contributed by atoms with van der Waals surface area (Å²) in [6, 6.07) is 7.68. The number of rotatable bonds is 10. The number of benzene rings is 1. The largest absolute Gasteiger partial charge is 0.379 e. The highest BCUT2D eigenvalue weighted by atomic mass is 127. The van der Waals surface area contributed by atoms with E-state index in [0.29, 0.717) is 38.8 Å². The van der Waals surface area contributed by atoms with Gasteiger partial charge in [-0.05, 0) is 37.3 Å². The average molecular weight is 552 g/mol. The van der Waals surface area contributed by atoms with Crippen LogP contribution in [0.2, 0.25) is 0 Å². The highest BCUT2D eigenvalue weighted by Crippen LogP contribution is 2.29. The molecule has 8 nitrogen and oxygen atoms in total. The van der Waals surface area contributed by atoms with Crippen molar-refractivity contribution in [2.45, 2.75) is 31.8 Å². The Balaban J connectivity index is 0.00000320. The second-order valence-electron chi connectivity index (χ2n) is 7.26. The molecular weight excluding hydrogens is 519 g/mol. The van der Waals surface area contributed by atoms with Gasteiger partial charge >= 0.3 is 0 Å². The van der Waals surface area contributed by atoms with Crippen molar-refractivity contribution in [1.29, 1.82) is 0 Å². The number of fused-ring (bicyclic) bond motifs is 1. The number of hydrogen-bond donors (Lipinski definition) is 2. The molecule has 30 heavy (non-hydrogen) atoms. The van der Waals surface area contributed by atoms with Crippen LogP contribution in [-0.2, 0) is 25.9 Å². The minimum absolute atomic E-state index is 0. The molecule has 2 heterocycles. The molecular formula is C20H33IN4O4S. The molecule has 2 aliphatic rings. The SMILES string of the molecule is CN=C(NCCCOCC1CCCO1)NCCS(=O)(=O)N1CCc2ccccc21.I. The van der Waals surface area contributed by atoms with Crippen LogP contribution in [0.4, 0.5) is 5.69 Å². The Morgan fingerprint density at radius 1 is 1.30 bits per heavy atom. The number of ether oxygens (including phenoxy) is 2. The molecule has 1 saturated heterocycles. The van der Waals surface area contributed by atoms with Gasteiger partial charge in [0.2, 0.25) is 10.0 Å². The zero-order chi connectivity index (χ0) is 20.5. The fourth-order valence-electron chi connectivity index (χ4n) is 3.60. The Morgan fingerprint density at radius 3 is 2.87 bits per heavy atom. The molecule has 1 aromatic carbocycles. The van der Waals surface area contributed by atoms with Crippen LogP contribution in [-0.4, -0.2) is 72.7 Å². The summed E-state index contributed by atoms with van der Waals surface area (Å²) >= 11 is 0. The van der Waals surface area contributed by atoms with Gasteiger partial charge in [0.05, 0.1) is 24.2 Å². The van der Waals surface area contributed by atoms with Crippen LogP contribution in [0.15, 0.2) is 29.3 Å². The van der Waals surface area contributed by atoms with Crippen LogP contribution in [0.1, 0.15) is 24.8 Å². The molecule has 1 aromatic rings. The van der Waals surface area contributed by atoms with Gasteiger partial charge in [0.15, 0.2) is 5.96 Å². The van der Waals surface area contributed by atoms with Crippen LogP contribution in [0.3, 0.4) is 0 Å². The van der Waals surface area contributed by atoms with Gasteiger partial charge in [-0.2, -0.15) is 0 Å². The van der Waals surface area contributed by atoms with Crippen LogP contribution in [0, 0.1) is 0 Å². The van der Waals surface area contributed by atoms with Gasteiger partial charge in [-0.25, -0.2) is 8.42 Å². The van der Waals surface area contributed by atoms with Crippen LogP contribution < -0.4 is 14.9 Å². The lowest BCUT2D eigenvalue weighted by Crippen LogP contribution is -2.42. The number of nitrogens with one attached hydrogen (secondary N) is 2. The molecule has 0 saturated carbocycles. The molecule has 0 aliphatic carbocycles. The molecule has 0 amide bonds. The van der Waals surface area contributed by atoms with E-state index >= 15 is 0 Å². The van der Waals surface area contributed by atoms with E-state index in [2.05, 4.69) is 15.6 Å². The first-order valence-corrected chi connectivity index (χ1v) is 11.9. The number of aliphatic imine (C=N–C) groups is 1. The maximum atomic E-state index is 12.7. The highest BCUT2D eigenvalue weighted by Gasteiger charge is 2.28. The molecule has 0 radical (unpaired) electrons. The molecule has 1 fully saturated rings. The number of anilines is 1. The minimum atomic E-state index is -3.36. The minimum Gasteiger partial charge on any atom is -0.379 e. The molecule has 2 N–H and O–H groups in total. The summed E-state index contributed by atoms with van der Waals surface area (Å²) in [6.07, 6.45) is 4.07. The first-order chi connectivity index (χ1) is 14.1. The fourth-order valence-corrected chi connectivity index (χ4v) is 5.03. The van der Waals surface area contributed by atoms with Crippen molar-refractivity contribution < 1.29 is 17.9 Å². The van der Waals surface area contributed by atoms with Gasteiger partial charge in [-0.1, -0.05) is 18.2 Å². The Labute approximate surface area is 196 Å². The van der Waals surface area contributed by atoms with Gasteiger partial charge in [0, 0.05) is 39.9 Å². The first-order valence-electron chi connectivity index (χ1n) is 10.3. The third kappa shape index (κ3) is 7.24. The highest BCUT2D eigenvalue weighted by molar-refractivity contribution is 14.0. The van der Waals surface area contributed by atoms with Crippen LogP contribution in [0.25, 0.3) is 0 Å². The molecule has 0 aromatic heterocycles. The summed E-state index contributed by atoms with van der Waals surface area (Å²) in [6.45, 7) is 3.68. The number of guanidine groups is 1. The van der Waals surface area contributed by atoms with Crippen molar-refractivity contribution in [2.24, 2.45) is 4.99 Å². The summed E-state index contributed by atoms with van der Waals surface area (Å²) < 4.78 is 38.1. The lowest BCUT2D eigenvalue weighted by molar-refractivity contribution is 0.0168. The summed E-state index contributed by atoms with van der Waals surface area (Å²) in [4.78, 5) is 4.15. The number of sulfonamides is 1. The summed E-state index contributed by atoms with van der Waals surface area (Å²) in [5.41, 5.74) is 1.89. The Hall–Kier alpha value is -1.11. The van der Waals surface area contributed by atoms with E-state index in [0.717, 1.165) is 43.5 Å². The number of nitrogens with zero attached hydrogens (tertiary/aromatic N) is 2. The number of hydrogen-bond acceptors (Lipinski definition) is 5. The number of halogens is 1. The monoisotopic (exact) mass is 552 g/mol. The number of para-hydroxylation sites is 1. The average Bonchev–Trinajstić information content (AvgIpc) is 3.39. The smallest absolute Gasteiger partial charge is 0.236 e. The lowest BCUT2D eigenvalue weighted by atomic mass is 10.2. The Kier molecular flexibility index (Phi) is 10.6. The van der Waals surface area contributed by atoms with Gasteiger partial charge in [-0.15, -0.1) is 24.0 Å². The summed E-state index contributed by atoms with van der Waals surface area (Å²) in [5.74, 6) is 0.619. The standard InChI is InChI=1S/C20H32N4O4S.HI/c1-21-20(22-10-5-13-27-16-18-7-4-14-28-18)23-11-15-29(25,26)24-12-9-17-6-2-3-8-19(17)24;/h2-3,6,8,18H,4-5,7,9-16H2,1H3,(H2,21,22,23);1H. The molecule has 0 bridgehead atoms. The van der Waals surface area contributed by atoms with E-state index in [4.69, 9.17) is 9.47 Å². The molecule has 170 valence electrons. The molecule has 3 rings (SSSR count). The van der Waals surface area contributed by atoms with E-state index in [-0.39, 0.29) is 35.8 Å². The van der Waals surface area contributed by atoms with E-state index < -0.39 is 10.0 Å². The molecule has 2 aliphatic heterocycles. The maximum Gasteiger partial charge on any atom is 0.236 e. The van der Waals surface area contributed by atoms with Crippen molar-refractivity contribution in [3.8, 4) is 0 Å². The maximum absolute atomic E-state index is 12.7. The predicted molar refractivity (Wildman–Crippen MR) is 130 cm³/mol. The normalized spacial score (nSPS) is 18.8. The van der Waals surface area contributed by atoms with Crippen molar-refractivity contribution in [1.82, 2.24) is 10.6 Å². The Morgan fingerprint density at radius 2 is 2.10 bits per heavy atom. The van der Waals surface area contributed by atoms with Gasteiger partial charge < -0.3 is 20.1 Å². The molecule has 0 spiro atoms. The second-order valence-corrected chi connectivity index (χ2v) is 9.27. The zero-order valence-electron chi connectivity index (χ0n) is 17.5. The van der Waals surface area contributed by atoms with E-state index in [9.17, 15) is 8.42 Å². The molecule has 1 unspecified atom stereocenters. The predicted octanol–water partition coefficient (Wildman–Crippen LogP) is 1.75. The van der Waals surface area contributed by atoms with Crippen molar-refractivity contribution in [2.75, 3.05) is 56.6 Å². The fraction of sp³-hybridized carbons (Fsp3) is 0.650. The van der Waals surface area contributed by atoms with Gasteiger partial charge in [0.1, 0.15) is 0 Å². The van der Waals surface area contributed by atoms with Crippen LogP contribution >= 0.6 is 24.0 Å². The molecule has 1 atom stereocenters. The summed E-state index contributed by atoms with van der Waals surface area (Å²) in [5, 5.41) is 6.27. The zero-order valence-corrected chi connectivity index (χ0v) is 20.7. The second kappa shape index (κ2) is 12.7. The van der Waals surface area contributed by atoms with E-state index in [1.165, 1.54) is 4.31 Å². The molecule has 10 heteroatoms. The van der Waals surface area contributed by atoms with E-state index in [1.54, 1.807) is 7.05 Å². The topological polar surface area (TPSA) is 92.3 Å². The third-order valence-electron chi connectivity index (χ3n) is 5.14. The quantitative estimate of drug-likeness (QED) is 0.199. The van der Waals surface area contributed by atoms with Gasteiger partial charge in [-0.3, -0.25) is 9.30 Å². The van der Waals surface area contributed by atoms with Crippen LogP contribution in [0.5, 0.6) is 0 Å².